The summed E-state index contributed by atoms with van der Waals surface area (Å²) >= 11 is 2.75. The highest BCUT2D eigenvalue weighted by molar-refractivity contribution is 7.17. The summed E-state index contributed by atoms with van der Waals surface area (Å²) in [6.45, 7) is 5.92. The number of carbonyl (C=O) groups is 1. The Balaban J connectivity index is 1.79. The molecule has 2 heterocycles. The van der Waals surface area contributed by atoms with E-state index in [0.29, 0.717) is 15.7 Å². The van der Waals surface area contributed by atoms with Gasteiger partial charge in [-0.3, -0.25) is 10.1 Å². The van der Waals surface area contributed by atoms with E-state index in [1.807, 2.05) is 45.0 Å². The van der Waals surface area contributed by atoms with Crippen LogP contribution in [-0.4, -0.2) is 28.2 Å². The third-order valence-corrected chi connectivity index (χ3v) is 5.84. The molecule has 2 aromatic heterocycles. The molecule has 130 valence electrons. The molecule has 0 saturated heterocycles. The highest BCUT2D eigenvalue weighted by atomic mass is 32.1. The van der Waals surface area contributed by atoms with Gasteiger partial charge in [0.25, 0.3) is 5.91 Å². The first-order valence-corrected chi connectivity index (χ1v) is 9.38. The standard InChI is InChI=1S/C17H18N4O2S2/c1-9(2)15-20-21-17(25-15)19-14(22)13-10(3)18-16(24-13)11-5-7-12(23-4)8-6-11/h5-9H,1-4H3,(H,19,21,22). The summed E-state index contributed by atoms with van der Waals surface area (Å²) in [6.07, 6.45) is 0. The van der Waals surface area contributed by atoms with Crippen LogP contribution in [0.5, 0.6) is 5.75 Å². The third kappa shape index (κ3) is 3.85. The molecule has 0 aliphatic carbocycles. The number of methoxy groups -OCH3 is 1. The average Bonchev–Trinajstić information content (AvgIpc) is 3.22. The van der Waals surface area contributed by atoms with E-state index in [1.165, 1.54) is 22.7 Å². The van der Waals surface area contributed by atoms with Gasteiger partial charge in [0.2, 0.25) is 5.13 Å². The molecule has 0 unspecified atom stereocenters. The van der Waals surface area contributed by atoms with Crippen LogP contribution in [0.25, 0.3) is 10.6 Å². The number of thiazole rings is 1. The number of benzene rings is 1. The Kier molecular flexibility index (Phi) is 5.10. The molecule has 1 N–H and O–H groups in total. The number of nitrogens with one attached hydrogen (secondary N) is 1. The fraction of sp³-hybridized carbons (Fsp3) is 0.294. The van der Waals surface area contributed by atoms with Crippen LogP contribution >= 0.6 is 22.7 Å². The molecule has 3 aromatic rings. The van der Waals surface area contributed by atoms with E-state index >= 15 is 0 Å². The van der Waals surface area contributed by atoms with Crippen LogP contribution in [0.3, 0.4) is 0 Å². The Bertz CT molecular complexity index is 884. The fourth-order valence-corrected chi connectivity index (χ4v) is 3.84. The van der Waals surface area contributed by atoms with Gasteiger partial charge in [-0.2, -0.15) is 0 Å². The molecule has 6 nitrogen and oxygen atoms in total. The van der Waals surface area contributed by atoms with Crippen LogP contribution in [0, 0.1) is 6.92 Å². The van der Waals surface area contributed by atoms with Gasteiger partial charge in [-0.15, -0.1) is 21.5 Å². The number of hydrogen-bond donors (Lipinski definition) is 1. The van der Waals surface area contributed by atoms with E-state index < -0.39 is 0 Å². The van der Waals surface area contributed by atoms with E-state index in [4.69, 9.17) is 4.74 Å². The smallest absolute Gasteiger partial charge is 0.269 e. The first-order valence-electron chi connectivity index (χ1n) is 7.74. The second kappa shape index (κ2) is 7.28. The lowest BCUT2D eigenvalue weighted by Gasteiger charge is -2.00. The van der Waals surface area contributed by atoms with Crippen molar-refractivity contribution in [2.24, 2.45) is 0 Å². The van der Waals surface area contributed by atoms with Crippen molar-refractivity contribution in [1.29, 1.82) is 0 Å². The fourth-order valence-electron chi connectivity index (χ4n) is 2.14. The molecule has 1 aromatic carbocycles. The van der Waals surface area contributed by atoms with Gasteiger partial charge in [-0.05, 0) is 31.2 Å². The maximum atomic E-state index is 12.5. The second-order valence-electron chi connectivity index (χ2n) is 5.72. The van der Waals surface area contributed by atoms with Crippen LogP contribution in [0.1, 0.15) is 40.1 Å². The predicted octanol–water partition coefficient (Wildman–Crippen LogP) is 4.35. The lowest BCUT2D eigenvalue weighted by molar-refractivity contribution is 0.102. The minimum atomic E-state index is -0.207. The summed E-state index contributed by atoms with van der Waals surface area (Å²) in [5.41, 5.74) is 1.65. The first-order chi connectivity index (χ1) is 12.0. The predicted molar refractivity (Wildman–Crippen MR) is 101 cm³/mol. The minimum Gasteiger partial charge on any atom is -0.497 e. The molecular weight excluding hydrogens is 356 g/mol. The van der Waals surface area contributed by atoms with Gasteiger partial charge in [-0.25, -0.2) is 4.98 Å². The van der Waals surface area contributed by atoms with Crippen LogP contribution in [-0.2, 0) is 0 Å². The molecule has 25 heavy (non-hydrogen) atoms. The van der Waals surface area contributed by atoms with Crippen LogP contribution in [0.15, 0.2) is 24.3 Å². The summed E-state index contributed by atoms with van der Waals surface area (Å²) in [7, 11) is 1.63. The topological polar surface area (TPSA) is 77.0 Å². The molecule has 0 saturated carbocycles. The van der Waals surface area contributed by atoms with Crippen LogP contribution in [0.2, 0.25) is 0 Å². The molecule has 0 atom stereocenters. The molecular formula is C17H18N4O2S2. The number of ether oxygens (including phenoxy) is 1. The molecule has 0 spiro atoms. The zero-order valence-corrected chi connectivity index (χ0v) is 16.0. The first kappa shape index (κ1) is 17.5. The van der Waals surface area contributed by atoms with Gasteiger partial charge in [-0.1, -0.05) is 25.2 Å². The van der Waals surface area contributed by atoms with Crippen molar-refractivity contribution in [1.82, 2.24) is 15.2 Å². The van der Waals surface area contributed by atoms with Gasteiger partial charge in [0.1, 0.15) is 20.6 Å². The van der Waals surface area contributed by atoms with E-state index in [2.05, 4.69) is 20.5 Å². The van der Waals surface area contributed by atoms with Crippen molar-refractivity contribution in [3.63, 3.8) is 0 Å². The number of nitrogens with zero attached hydrogens (tertiary/aromatic N) is 3. The van der Waals surface area contributed by atoms with Crippen molar-refractivity contribution >= 4 is 33.7 Å². The number of rotatable bonds is 5. The number of amides is 1. The van der Waals surface area contributed by atoms with E-state index in [-0.39, 0.29) is 11.8 Å². The number of aryl methyl sites for hydroxylation is 1. The van der Waals surface area contributed by atoms with E-state index in [0.717, 1.165) is 21.3 Å². The zero-order valence-electron chi connectivity index (χ0n) is 14.4. The molecule has 1 amide bonds. The summed E-state index contributed by atoms with van der Waals surface area (Å²) in [5, 5.41) is 13.1. The van der Waals surface area contributed by atoms with Crippen molar-refractivity contribution in [3.8, 4) is 16.3 Å². The SMILES string of the molecule is COc1ccc(-c2nc(C)c(C(=O)Nc3nnc(C(C)C)s3)s2)cc1. The molecule has 0 aliphatic heterocycles. The quantitative estimate of drug-likeness (QED) is 0.718. The maximum absolute atomic E-state index is 12.5. The van der Waals surface area contributed by atoms with Crippen molar-refractivity contribution in [2.45, 2.75) is 26.7 Å². The highest BCUT2D eigenvalue weighted by Gasteiger charge is 2.18. The molecule has 0 aliphatic rings. The normalized spacial score (nSPS) is 10.9. The second-order valence-corrected chi connectivity index (χ2v) is 7.72. The summed E-state index contributed by atoms with van der Waals surface area (Å²) in [6, 6.07) is 7.61. The van der Waals surface area contributed by atoms with Gasteiger partial charge >= 0.3 is 0 Å². The van der Waals surface area contributed by atoms with Gasteiger partial charge in [0.15, 0.2) is 0 Å². The van der Waals surface area contributed by atoms with Crippen molar-refractivity contribution < 1.29 is 9.53 Å². The molecule has 3 rings (SSSR count). The molecule has 0 fully saturated rings. The zero-order chi connectivity index (χ0) is 18.0. The van der Waals surface area contributed by atoms with Crippen molar-refractivity contribution in [3.05, 3.63) is 39.8 Å². The number of aromatic nitrogens is 3. The van der Waals surface area contributed by atoms with E-state index in [1.54, 1.807) is 7.11 Å². The third-order valence-electron chi connectivity index (χ3n) is 3.49. The minimum absolute atomic E-state index is 0.207. The van der Waals surface area contributed by atoms with Gasteiger partial charge < -0.3 is 4.74 Å². The average molecular weight is 374 g/mol. The Labute approximate surface area is 153 Å². The molecule has 0 bridgehead atoms. The number of hydrogen-bond acceptors (Lipinski definition) is 7. The van der Waals surface area contributed by atoms with E-state index in [9.17, 15) is 4.79 Å². The van der Waals surface area contributed by atoms with Gasteiger partial charge in [0.05, 0.1) is 12.8 Å². The lowest BCUT2D eigenvalue weighted by atomic mass is 10.2. The Hall–Kier alpha value is -2.32. The Morgan fingerprint density at radius 2 is 1.88 bits per heavy atom. The van der Waals surface area contributed by atoms with Crippen LogP contribution in [0.4, 0.5) is 5.13 Å². The Morgan fingerprint density at radius 3 is 2.48 bits per heavy atom. The summed E-state index contributed by atoms with van der Waals surface area (Å²) in [5.74, 6) is 0.864. The Morgan fingerprint density at radius 1 is 1.16 bits per heavy atom. The number of anilines is 1. The summed E-state index contributed by atoms with van der Waals surface area (Å²) < 4.78 is 5.16. The maximum Gasteiger partial charge on any atom is 0.269 e. The highest BCUT2D eigenvalue weighted by Crippen LogP contribution is 2.30. The monoisotopic (exact) mass is 374 g/mol. The van der Waals surface area contributed by atoms with Crippen molar-refractivity contribution in [2.75, 3.05) is 12.4 Å². The summed E-state index contributed by atoms with van der Waals surface area (Å²) in [4.78, 5) is 17.6. The molecule has 8 heteroatoms. The largest absolute Gasteiger partial charge is 0.497 e. The lowest BCUT2D eigenvalue weighted by Crippen LogP contribution is -2.11. The molecule has 0 radical (unpaired) electrons. The van der Waals surface area contributed by atoms with Crippen LogP contribution < -0.4 is 10.1 Å². The number of carbonyl (C=O) groups excluding carboxylic acids is 1. The van der Waals surface area contributed by atoms with Gasteiger partial charge in [0, 0.05) is 11.5 Å².